The summed E-state index contributed by atoms with van der Waals surface area (Å²) in [6, 6.07) is 8.30. The Labute approximate surface area is 138 Å². The van der Waals surface area contributed by atoms with Crippen LogP contribution in [0.2, 0.25) is 0 Å². The highest BCUT2D eigenvalue weighted by molar-refractivity contribution is 5.79. The van der Waals surface area contributed by atoms with Crippen LogP contribution in [-0.2, 0) is 9.53 Å². The second-order valence-corrected chi connectivity index (χ2v) is 6.26. The van der Waals surface area contributed by atoms with Gasteiger partial charge in [-0.3, -0.25) is 9.69 Å². The van der Waals surface area contributed by atoms with Crippen molar-refractivity contribution in [1.29, 1.82) is 0 Å². The predicted octanol–water partition coefficient (Wildman–Crippen LogP) is 2.08. The normalized spacial score (nSPS) is 22.8. The Balaban J connectivity index is 1.71. The minimum Gasteiger partial charge on any atom is -0.497 e. The first-order valence-electron chi connectivity index (χ1n) is 8.51. The molecule has 0 aliphatic carbocycles. The van der Waals surface area contributed by atoms with Crippen molar-refractivity contribution in [2.45, 2.75) is 25.3 Å². The highest BCUT2D eigenvalue weighted by Crippen LogP contribution is 2.32. The van der Waals surface area contributed by atoms with Gasteiger partial charge in [0.05, 0.1) is 32.9 Å². The van der Waals surface area contributed by atoms with Crippen LogP contribution in [0.25, 0.3) is 0 Å². The summed E-state index contributed by atoms with van der Waals surface area (Å²) >= 11 is 0. The summed E-state index contributed by atoms with van der Waals surface area (Å²) < 4.78 is 10.7. The van der Waals surface area contributed by atoms with Crippen LogP contribution in [0.3, 0.4) is 0 Å². The molecule has 2 heterocycles. The number of hydrogen-bond acceptors (Lipinski definition) is 4. The zero-order valence-corrected chi connectivity index (χ0v) is 13.9. The fourth-order valence-electron chi connectivity index (χ4n) is 3.47. The average molecular weight is 318 g/mol. The lowest BCUT2D eigenvalue weighted by atomic mass is 9.95. The van der Waals surface area contributed by atoms with Gasteiger partial charge in [0.1, 0.15) is 5.75 Å². The molecule has 1 atom stereocenters. The Hall–Kier alpha value is -1.59. The van der Waals surface area contributed by atoms with Crippen LogP contribution in [-0.4, -0.2) is 62.2 Å². The van der Waals surface area contributed by atoms with Gasteiger partial charge in [-0.2, -0.15) is 0 Å². The maximum atomic E-state index is 12.8. The van der Waals surface area contributed by atoms with Gasteiger partial charge in [0, 0.05) is 19.6 Å². The van der Waals surface area contributed by atoms with E-state index >= 15 is 0 Å². The molecule has 5 heteroatoms. The van der Waals surface area contributed by atoms with Crippen molar-refractivity contribution in [3.8, 4) is 5.75 Å². The standard InChI is InChI=1S/C18H26N2O3/c1-22-16-6-4-5-15(13-16)17-7-2-3-8-20(17)18(21)14-19-9-11-23-12-10-19/h4-6,13,17H,2-3,7-12,14H2,1H3. The highest BCUT2D eigenvalue weighted by Gasteiger charge is 2.29. The number of piperidine rings is 1. The van der Waals surface area contributed by atoms with E-state index in [-0.39, 0.29) is 11.9 Å². The lowest BCUT2D eigenvalue weighted by molar-refractivity contribution is -0.137. The summed E-state index contributed by atoms with van der Waals surface area (Å²) in [5, 5.41) is 0. The van der Waals surface area contributed by atoms with Crippen LogP contribution in [0.1, 0.15) is 30.9 Å². The number of methoxy groups -OCH3 is 1. The number of carbonyl (C=O) groups is 1. The quantitative estimate of drug-likeness (QED) is 0.852. The molecule has 0 bridgehead atoms. The second-order valence-electron chi connectivity index (χ2n) is 6.26. The molecule has 1 unspecified atom stereocenters. The molecule has 2 aliphatic rings. The van der Waals surface area contributed by atoms with Gasteiger partial charge < -0.3 is 14.4 Å². The first-order valence-corrected chi connectivity index (χ1v) is 8.51. The molecule has 2 aliphatic heterocycles. The number of hydrogen-bond donors (Lipinski definition) is 0. The van der Waals surface area contributed by atoms with Crippen LogP contribution >= 0.6 is 0 Å². The van der Waals surface area contributed by atoms with Gasteiger partial charge in [0.15, 0.2) is 0 Å². The van der Waals surface area contributed by atoms with Crippen molar-refractivity contribution in [2.75, 3.05) is 46.5 Å². The number of carbonyl (C=O) groups excluding carboxylic acids is 1. The highest BCUT2D eigenvalue weighted by atomic mass is 16.5. The smallest absolute Gasteiger partial charge is 0.237 e. The van der Waals surface area contributed by atoms with Crippen molar-refractivity contribution in [3.05, 3.63) is 29.8 Å². The second kappa shape index (κ2) is 7.79. The topological polar surface area (TPSA) is 42.0 Å². The van der Waals surface area contributed by atoms with Crippen molar-refractivity contribution in [1.82, 2.24) is 9.80 Å². The number of rotatable bonds is 4. The molecule has 23 heavy (non-hydrogen) atoms. The summed E-state index contributed by atoms with van der Waals surface area (Å²) in [6.07, 6.45) is 3.29. The van der Waals surface area contributed by atoms with E-state index in [1.165, 1.54) is 12.0 Å². The number of nitrogens with zero attached hydrogens (tertiary/aromatic N) is 2. The fourth-order valence-corrected chi connectivity index (χ4v) is 3.47. The molecule has 0 N–H and O–H groups in total. The largest absolute Gasteiger partial charge is 0.497 e. The number of likely N-dealkylation sites (tertiary alicyclic amines) is 1. The summed E-state index contributed by atoms with van der Waals surface area (Å²) in [7, 11) is 1.68. The van der Waals surface area contributed by atoms with E-state index in [2.05, 4.69) is 21.9 Å². The average Bonchev–Trinajstić information content (AvgIpc) is 2.62. The van der Waals surface area contributed by atoms with Crippen LogP contribution in [0.4, 0.5) is 0 Å². The molecule has 0 saturated carbocycles. The van der Waals surface area contributed by atoms with E-state index in [1.807, 2.05) is 12.1 Å². The molecule has 2 fully saturated rings. The predicted molar refractivity (Wildman–Crippen MR) is 88.6 cm³/mol. The molecule has 3 rings (SSSR count). The van der Waals surface area contributed by atoms with Crippen molar-refractivity contribution in [2.24, 2.45) is 0 Å². The van der Waals surface area contributed by atoms with Gasteiger partial charge in [0.25, 0.3) is 0 Å². The lowest BCUT2D eigenvalue weighted by Gasteiger charge is -2.38. The number of morpholine rings is 1. The maximum absolute atomic E-state index is 12.8. The van der Waals surface area contributed by atoms with E-state index in [0.29, 0.717) is 6.54 Å². The van der Waals surface area contributed by atoms with E-state index in [1.54, 1.807) is 7.11 Å². The van der Waals surface area contributed by atoms with Gasteiger partial charge in [0.2, 0.25) is 5.91 Å². The number of benzene rings is 1. The molecule has 0 aromatic heterocycles. The van der Waals surface area contributed by atoms with E-state index < -0.39 is 0 Å². The Bertz CT molecular complexity index is 529. The summed E-state index contributed by atoms with van der Waals surface area (Å²) in [5.74, 6) is 1.09. The first kappa shape index (κ1) is 16.3. The number of ether oxygens (including phenoxy) is 2. The molecule has 1 amide bonds. The minimum atomic E-state index is 0.174. The Morgan fingerprint density at radius 3 is 2.87 bits per heavy atom. The van der Waals surface area contributed by atoms with Crippen molar-refractivity contribution >= 4 is 5.91 Å². The molecule has 5 nitrogen and oxygen atoms in total. The van der Waals surface area contributed by atoms with Gasteiger partial charge in [-0.15, -0.1) is 0 Å². The summed E-state index contributed by atoms with van der Waals surface area (Å²) in [5.41, 5.74) is 1.18. The minimum absolute atomic E-state index is 0.174. The van der Waals surface area contributed by atoms with E-state index in [0.717, 1.165) is 51.4 Å². The van der Waals surface area contributed by atoms with Crippen molar-refractivity contribution in [3.63, 3.8) is 0 Å². The van der Waals surface area contributed by atoms with Crippen molar-refractivity contribution < 1.29 is 14.3 Å². The zero-order valence-electron chi connectivity index (χ0n) is 13.9. The Kier molecular flexibility index (Phi) is 5.51. The number of amides is 1. The Morgan fingerprint density at radius 2 is 2.09 bits per heavy atom. The summed E-state index contributed by atoms with van der Waals surface area (Å²) in [4.78, 5) is 17.1. The van der Waals surface area contributed by atoms with Crippen LogP contribution in [0.15, 0.2) is 24.3 Å². The Morgan fingerprint density at radius 1 is 1.26 bits per heavy atom. The molecular weight excluding hydrogens is 292 g/mol. The molecule has 0 radical (unpaired) electrons. The molecule has 1 aromatic carbocycles. The summed E-state index contributed by atoms with van der Waals surface area (Å²) in [6.45, 7) is 4.51. The van der Waals surface area contributed by atoms with Gasteiger partial charge in [-0.25, -0.2) is 0 Å². The maximum Gasteiger partial charge on any atom is 0.237 e. The molecular formula is C18H26N2O3. The van der Waals surface area contributed by atoms with Gasteiger partial charge in [-0.1, -0.05) is 12.1 Å². The third-order valence-electron chi connectivity index (χ3n) is 4.76. The van der Waals surface area contributed by atoms with Gasteiger partial charge >= 0.3 is 0 Å². The van der Waals surface area contributed by atoms with Crippen LogP contribution in [0, 0.1) is 0 Å². The van der Waals surface area contributed by atoms with E-state index in [9.17, 15) is 4.79 Å². The molecule has 1 aromatic rings. The third kappa shape index (κ3) is 4.03. The first-order chi connectivity index (χ1) is 11.3. The fraction of sp³-hybridized carbons (Fsp3) is 0.611. The molecule has 2 saturated heterocycles. The molecule has 0 spiro atoms. The monoisotopic (exact) mass is 318 g/mol. The molecule has 126 valence electrons. The van der Waals surface area contributed by atoms with Crippen LogP contribution in [0.5, 0.6) is 5.75 Å². The SMILES string of the molecule is COc1cccc(C2CCCCN2C(=O)CN2CCOCC2)c1. The third-order valence-corrected chi connectivity index (χ3v) is 4.76. The van der Waals surface area contributed by atoms with Crippen LogP contribution < -0.4 is 4.74 Å². The van der Waals surface area contributed by atoms with Gasteiger partial charge in [-0.05, 0) is 37.0 Å². The van der Waals surface area contributed by atoms with E-state index in [4.69, 9.17) is 9.47 Å². The lowest BCUT2D eigenvalue weighted by Crippen LogP contribution is -2.47. The zero-order chi connectivity index (χ0) is 16.1.